The van der Waals surface area contributed by atoms with Crippen LogP contribution in [0.3, 0.4) is 0 Å². The van der Waals surface area contributed by atoms with Crippen LogP contribution in [0.25, 0.3) is 10.6 Å². The number of thiazole rings is 1. The Labute approximate surface area is 198 Å². The summed E-state index contributed by atoms with van der Waals surface area (Å²) in [4.78, 5) is 25.1. The molecule has 1 amide bonds. The minimum atomic E-state index is -4.61. The van der Waals surface area contributed by atoms with E-state index < -0.39 is 17.9 Å². The predicted octanol–water partition coefficient (Wildman–Crippen LogP) is 4.53. The third kappa shape index (κ3) is 6.09. The number of carbonyl (C=O) groups excluding carboxylic acids is 1. The maximum Gasteiger partial charge on any atom is 0.451 e. The second-order valence-electron chi connectivity index (χ2n) is 7.87. The summed E-state index contributed by atoms with van der Waals surface area (Å²) in [6, 6.07) is 5.23. The lowest BCUT2D eigenvalue weighted by molar-refractivity contribution is -0.145. The van der Waals surface area contributed by atoms with Gasteiger partial charge in [0.25, 0.3) is 5.91 Å². The Kier molecular flexibility index (Phi) is 7.42. The molecule has 1 aromatic carbocycles. The first kappa shape index (κ1) is 24.1. The topological polar surface area (TPSA) is 86.2 Å². The van der Waals surface area contributed by atoms with Gasteiger partial charge in [-0.25, -0.2) is 15.0 Å². The molecule has 1 fully saturated rings. The maximum absolute atomic E-state index is 12.9. The van der Waals surface area contributed by atoms with Gasteiger partial charge >= 0.3 is 6.18 Å². The zero-order valence-electron chi connectivity index (χ0n) is 18.4. The Balaban J connectivity index is 1.50. The number of carbonyl (C=O) groups is 1. The van der Waals surface area contributed by atoms with Gasteiger partial charge in [-0.2, -0.15) is 13.2 Å². The lowest BCUT2D eigenvalue weighted by Gasteiger charge is -2.13. The minimum absolute atomic E-state index is 0.0198. The highest BCUT2D eigenvalue weighted by Gasteiger charge is 2.34. The number of nitrogens with one attached hydrogen (secondary N) is 1. The molecule has 0 saturated carbocycles. The zero-order chi connectivity index (χ0) is 24.1. The Morgan fingerprint density at radius 3 is 2.65 bits per heavy atom. The number of aromatic nitrogens is 3. The molecular formula is C23H23F3N4O3S. The van der Waals surface area contributed by atoms with Crippen molar-refractivity contribution in [3.63, 3.8) is 0 Å². The van der Waals surface area contributed by atoms with Crippen molar-refractivity contribution >= 4 is 17.2 Å². The normalized spacial score (nSPS) is 15.9. The van der Waals surface area contributed by atoms with Crippen molar-refractivity contribution in [1.82, 2.24) is 20.3 Å². The molecule has 180 valence electrons. The second kappa shape index (κ2) is 10.5. The zero-order valence-corrected chi connectivity index (χ0v) is 19.2. The van der Waals surface area contributed by atoms with Crippen LogP contribution < -0.4 is 10.1 Å². The van der Waals surface area contributed by atoms with Crippen molar-refractivity contribution in [2.24, 2.45) is 5.92 Å². The molecule has 1 saturated heterocycles. The molecule has 0 bridgehead atoms. The standard InChI is InChI=1S/C23H23F3N4O3S/c1-2-19-11-28-21(34-19)17-5-16(6-18(7-17)33-13-14-3-4-32-12-14)20(31)27-8-15-9-29-22(30-10-15)23(24,25)26/h5-7,9-11,14H,2-4,8,12-13H2,1H3,(H,27,31)/t14-/m1/s1. The second-order valence-corrected chi connectivity index (χ2v) is 8.98. The van der Waals surface area contributed by atoms with Gasteiger partial charge in [0.05, 0.1) is 13.2 Å². The molecule has 1 aliphatic heterocycles. The van der Waals surface area contributed by atoms with Crippen LogP contribution in [0.5, 0.6) is 5.75 Å². The van der Waals surface area contributed by atoms with Gasteiger partial charge in [0.15, 0.2) is 0 Å². The number of halogens is 3. The molecule has 1 atom stereocenters. The highest BCUT2D eigenvalue weighted by Crippen LogP contribution is 2.30. The minimum Gasteiger partial charge on any atom is -0.493 e. The van der Waals surface area contributed by atoms with Gasteiger partial charge in [0, 0.05) is 59.2 Å². The summed E-state index contributed by atoms with van der Waals surface area (Å²) >= 11 is 1.55. The summed E-state index contributed by atoms with van der Waals surface area (Å²) in [5, 5.41) is 3.47. The molecule has 1 N–H and O–H groups in total. The smallest absolute Gasteiger partial charge is 0.451 e. The van der Waals surface area contributed by atoms with Crippen molar-refractivity contribution < 1.29 is 27.4 Å². The van der Waals surface area contributed by atoms with Gasteiger partial charge in [0.2, 0.25) is 5.82 Å². The van der Waals surface area contributed by atoms with Crippen LogP contribution in [-0.4, -0.2) is 40.7 Å². The summed E-state index contributed by atoms with van der Waals surface area (Å²) in [6.45, 7) is 3.87. The Morgan fingerprint density at radius 1 is 1.21 bits per heavy atom. The first-order valence-corrected chi connectivity index (χ1v) is 11.6. The molecule has 3 heterocycles. The van der Waals surface area contributed by atoms with Crippen molar-refractivity contribution in [3.05, 3.63) is 58.6 Å². The summed E-state index contributed by atoms with van der Waals surface area (Å²) in [5.74, 6) is -0.782. The molecule has 4 rings (SSSR count). The van der Waals surface area contributed by atoms with E-state index in [1.54, 1.807) is 23.5 Å². The van der Waals surface area contributed by atoms with E-state index in [9.17, 15) is 18.0 Å². The predicted molar refractivity (Wildman–Crippen MR) is 120 cm³/mol. The van der Waals surface area contributed by atoms with Crippen molar-refractivity contribution in [1.29, 1.82) is 0 Å². The third-order valence-corrected chi connectivity index (χ3v) is 6.43. The van der Waals surface area contributed by atoms with Crippen molar-refractivity contribution in [2.45, 2.75) is 32.5 Å². The van der Waals surface area contributed by atoms with Crippen LogP contribution in [-0.2, 0) is 23.9 Å². The number of alkyl halides is 3. The molecule has 0 unspecified atom stereocenters. The molecule has 11 heteroatoms. The van der Waals surface area contributed by atoms with Gasteiger partial charge in [-0.15, -0.1) is 11.3 Å². The van der Waals surface area contributed by atoms with Crippen LogP contribution >= 0.6 is 11.3 Å². The molecule has 34 heavy (non-hydrogen) atoms. The molecule has 0 spiro atoms. The molecule has 3 aromatic rings. The Morgan fingerprint density at radius 2 is 2.00 bits per heavy atom. The number of benzene rings is 1. The van der Waals surface area contributed by atoms with Crippen LogP contribution in [0.15, 0.2) is 36.8 Å². The highest BCUT2D eigenvalue weighted by atomic mass is 32.1. The summed E-state index contributed by atoms with van der Waals surface area (Å²) in [6.07, 6.45) is 1.08. The fourth-order valence-corrected chi connectivity index (χ4v) is 4.19. The summed E-state index contributed by atoms with van der Waals surface area (Å²) in [7, 11) is 0. The van der Waals surface area contributed by atoms with E-state index in [0.29, 0.717) is 42.6 Å². The molecular weight excluding hydrogens is 469 g/mol. The number of aryl methyl sites for hydroxylation is 1. The number of rotatable bonds is 8. The van der Waals surface area contributed by atoms with Crippen LogP contribution in [0, 0.1) is 5.92 Å². The number of nitrogens with zero attached hydrogens (tertiary/aromatic N) is 3. The largest absolute Gasteiger partial charge is 0.493 e. The summed E-state index contributed by atoms with van der Waals surface area (Å²) in [5.41, 5.74) is 1.46. The fourth-order valence-electron chi connectivity index (χ4n) is 3.35. The number of ether oxygens (including phenoxy) is 2. The van der Waals surface area contributed by atoms with Crippen molar-refractivity contribution in [2.75, 3.05) is 19.8 Å². The third-order valence-electron chi connectivity index (χ3n) is 5.24. The van der Waals surface area contributed by atoms with Gasteiger partial charge in [0.1, 0.15) is 10.8 Å². The van der Waals surface area contributed by atoms with E-state index in [0.717, 1.165) is 40.7 Å². The number of amides is 1. The van der Waals surface area contributed by atoms with Crippen LogP contribution in [0.2, 0.25) is 0 Å². The maximum atomic E-state index is 12.9. The molecule has 1 aliphatic rings. The van der Waals surface area contributed by atoms with E-state index in [1.807, 2.05) is 19.2 Å². The molecule has 0 aliphatic carbocycles. The van der Waals surface area contributed by atoms with Gasteiger partial charge < -0.3 is 14.8 Å². The van der Waals surface area contributed by atoms with Crippen LogP contribution in [0.1, 0.15) is 40.0 Å². The Bertz CT molecular complexity index is 1130. The van der Waals surface area contributed by atoms with Crippen LogP contribution in [0.4, 0.5) is 13.2 Å². The fraction of sp³-hybridized carbons (Fsp3) is 0.391. The average Bonchev–Trinajstić information content (AvgIpc) is 3.53. The number of hydrogen-bond acceptors (Lipinski definition) is 7. The van der Waals surface area contributed by atoms with E-state index >= 15 is 0 Å². The van der Waals surface area contributed by atoms with Gasteiger partial charge in [-0.1, -0.05) is 6.92 Å². The lowest BCUT2D eigenvalue weighted by atomic mass is 10.1. The average molecular weight is 493 g/mol. The van der Waals surface area contributed by atoms with Gasteiger partial charge in [-0.05, 0) is 31.0 Å². The van der Waals surface area contributed by atoms with E-state index in [4.69, 9.17) is 9.47 Å². The highest BCUT2D eigenvalue weighted by molar-refractivity contribution is 7.15. The quantitative estimate of drug-likeness (QED) is 0.498. The number of hydrogen-bond donors (Lipinski definition) is 1. The molecule has 2 aromatic heterocycles. The first-order valence-electron chi connectivity index (χ1n) is 10.8. The molecule has 0 radical (unpaired) electrons. The first-order chi connectivity index (χ1) is 16.3. The Hall–Kier alpha value is -3.05. The SMILES string of the molecule is CCc1cnc(-c2cc(OC[C@@H]3CCOC3)cc(C(=O)NCc3cnc(C(F)(F)F)nc3)c2)s1. The van der Waals surface area contributed by atoms with E-state index in [2.05, 4.69) is 20.3 Å². The van der Waals surface area contributed by atoms with E-state index in [-0.39, 0.29) is 6.54 Å². The van der Waals surface area contributed by atoms with Gasteiger partial charge in [-0.3, -0.25) is 4.79 Å². The summed E-state index contributed by atoms with van der Waals surface area (Å²) < 4.78 is 49.3. The monoisotopic (exact) mass is 492 g/mol. The van der Waals surface area contributed by atoms with E-state index in [1.165, 1.54) is 0 Å². The lowest BCUT2D eigenvalue weighted by Crippen LogP contribution is -2.23. The van der Waals surface area contributed by atoms with Crippen molar-refractivity contribution in [3.8, 4) is 16.3 Å². The molecule has 7 nitrogen and oxygen atoms in total.